The lowest BCUT2D eigenvalue weighted by molar-refractivity contribution is 0.195. The predicted molar refractivity (Wildman–Crippen MR) is 153 cm³/mol. The summed E-state index contributed by atoms with van der Waals surface area (Å²) in [5.74, 6) is 0.942. The normalized spacial score (nSPS) is 12.7. The minimum absolute atomic E-state index is 0.227. The van der Waals surface area contributed by atoms with Gasteiger partial charge < -0.3 is 9.72 Å². The number of H-pyrrole nitrogens is 1. The van der Waals surface area contributed by atoms with Crippen LogP contribution in [0.3, 0.4) is 0 Å². The van der Waals surface area contributed by atoms with E-state index >= 15 is 0 Å². The SMILES string of the molecule is COc1ccc2[nH]c(=O)c(C(c3nnnn3C(C)(C)C)N(CCc3ccccc3)Cc3ccc(F)cc3)cc2c1. The molecule has 0 saturated heterocycles. The van der Waals surface area contributed by atoms with Gasteiger partial charge in [0.15, 0.2) is 5.82 Å². The van der Waals surface area contributed by atoms with E-state index in [-0.39, 0.29) is 11.4 Å². The van der Waals surface area contributed by atoms with Crippen molar-refractivity contribution in [1.29, 1.82) is 0 Å². The lowest BCUT2D eigenvalue weighted by Crippen LogP contribution is -2.38. The maximum Gasteiger partial charge on any atom is 0.253 e. The van der Waals surface area contributed by atoms with Gasteiger partial charge in [0.25, 0.3) is 5.56 Å². The van der Waals surface area contributed by atoms with Crippen LogP contribution >= 0.6 is 0 Å². The van der Waals surface area contributed by atoms with E-state index in [4.69, 9.17) is 4.74 Å². The highest BCUT2D eigenvalue weighted by molar-refractivity contribution is 5.80. The minimum atomic E-state index is -0.595. The number of aromatic amines is 1. The molecule has 0 aliphatic heterocycles. The Morgan fingerprint density at radius 1 is 1.00 bits per heavy atom. The van der Waals surface area contributed by atoms with Crippen LogP contribution in [0.4, 0.5) is 4.39 Å². The molecule has 1 atom stereocenters. The number of rotatable bonds is 9. The van der Waals surface area contributed by atoms with Gasteiger partial charge >= 0.3 is 0 Å². The number of nitrogens with one attached hydrogen (secondary N) is 1. The number of nitrogens with zero attached hydrogens (tertiary/aromatic N) is 5. The van der Waals surface area contributed by atoms with Gasteiger partial charge in [0.1, 0.15) is 17.6 Å². The van der Waals surface area contributed by atoms with Crippen molar-refractivity contribution in [2.75, 3.05) is 13.7 Å². The summed E-state index contributed by atoms with van der Waals surface area (Å²) < 4.78 is 21.0. The summed E-state index contributed by atoms with van der Waals surface area (Å²) in [7, 11) is 1.61. The fourth-order valence-corrected chi connectivity index (χ4v) is 4.91. The van der Waals surface area contributed by atoms with Crippen LogP contribution in [-0.2, 0) is 18.5 Å². The highest BCUT2D eigenvalue weighted by Gasteiger charge is 2.33. The van der Waals surface area contributed by atoms with Gasteiger partial charge in [0.05, 0.1) is 12.6 Å². The van der Waals surface area contributed by atoms with Crippen LogP contribution in [0, 0.1) is 5.82 Å². The molecule has 5 aromatic rings. The highest BCUT2D eigenvalue weighted by atomic mass is 19.1. The van der Waals surface area contributed by atoms with E-state index in [9.17, 15) is 9.18 Å². The first-order chi connectivity index (χ1) is 19.2. The molecule has 9 heteroatoms. The van der Waals surface area contributed by atoms with Crippen molar-refractivity contribution in [2.45, 2.75) is 45.3 Å². The molecule has 5 rings (SSSR count). The van der Waals surface area contributed by atoms with Gasteiger partial charge in [-0.1, -0.05) is 42.5 Å². The summed E-state index contributed by atoms with van der Waals surface area (Å²) in [6, 6.07) is 23.5. The second-order valence-electron chi connectivity index (χ2n) is 10.9. The largest absolute Gasteiger partial charge is 0.497 e. The smallest absolute Gasteiger partial charge is 0.253 e. The van der Waals surface area contributed by atoms with Crippen molar-refractivity contribution in [3.63, 3.8) is 0 Å². The van der Waals surface area contributed by atoms with E-state index in [0.29, 0.717) is 35.7 Å². The number of halogens is 1. The Labute approximate surface area is 232 Å². The van der Waals surface area contributed by atoms with E-state index in [2.05, 4.69) is 37.5 Å². The van der Waals surface area contributed by atoms with E-state index in [0.717, 1.165) is 22.9 Å². The van der Waals surface area contributed by atoms with Crippen LogP contribution in [0.2, 0.25) is 0 Å². The van der Waals surface area contributed by atoms with E-state index in [1.807, 2.05) is 63.2 Å². The molecule has 0 radical (unpaired) electrons. The Hall–Kier alpha value is -4.37. The Bertz CT molecular complexity index is 1640. The fraction of sp³-hybridized carbons (Fsp3) is 0.290. The van der Waals surface area contributed by atoms with Crippen LogP contribution in [-0.4, -0.2) is 43.7 Å². The maximum atomic E-state index is 13.8. The lowest BCUT2D eigenvalue weighted by Gasteiger charge is -2.33. The van der Waals surface area contributed by atoms with Crippen molar-refractivity contribution in [3.05, 3.63) is 118 Å². The molecule has 0 aliphatic carbocycles. The zero-order chi connectivity index (χ0) is 28.3. The molecule has 2 aromatic heterocycles. The fourth-order valence-electron chi connectivity index (χ4n) is 4.91. The van der Waals surface area contributed by atoms with Crippen molar-refractivity contribution in [1.82, 2.24) is 30.1 Å². The molecule has 1 N–H and O–H groups in total. The summed E-state index contributed by atoms with van der Waals surface area (Å²) in [5.41, 5.74) is 2.63. The molecule has 0 saturated carbocycles. The zero-order valence-electron chi connectivity index (χ0n) is 23.1. The van der Waals surface area contributed by atoms with Crippen molar-refractivity contribution < 1.29 is 9.13 Å². The Balaban J connectivity index is 1.68. The third-order valence-electron chi connectivity index (χ3n) is 6.94. The molecule has 1 unspecified atom stereocenters. The summed E-state index contributed by atoms with van der Waals surface area (Å²) in [6.07, 6.45) is 0.731. The number of tetrazole rings is 1. The molecule has 8 nitrogen and oxygen atoms in total. The van der Waals surface area contributed by atoms with Crippen LogP contribution in [0.1, 0.15) is 49.3 Å². The standard InChI is InChI=1S/C31H33FN6O2/c1-31(2,3)38-29(34-35-36-38)28(26-19-23-18-25(40-4)14-15-27(23)33-30(26)39)37(17-16-21-8-6-5-7-9-21)20-22-10-12-24(32)13-11-22/h5-15,18-19,28H,16-17,20H2,1-4H3,(H,33,39). The van der Waals surface area contributed by atoms with Gasteiger partial charge in [0, 0.05) is 29.6 Å². The quantitative estimate of drug-likeness (QED) is 0.275. The molecule has 2 heterocycles. The number of hydrogen-bond donors (Lipinski definition) is 1. The average Bonchev–Trinajstić information content (AvgIpc) is 3.44. The first-order valence-electron chi connectivity index (χ1n) is 13.2. The number of ether oxygens (including phenoxy) is 1. The van der Waals surface area contributed by atoms with Crippen LogP contribution in [0.25, 0.3) is 10.9 Å². The molecule has 0 spiro atoms. The third kappa shape index (κ3) is 5.94. The molecule has 40 heavy (non-hydrogen) atoms. The molecule has 3 aromatic carbocycles. The molecule has 206 valence electrons. The molecular formula is C31H33FN6O2. The minimum Gasteiger partial charge on any atom is -0.497 e. The monoisotopic (exact) mass is 540 g/mol. The summed E-state index contributed by atoms with van der Waals surface area (Å²) in [5, 5.41) is 13.6. The Morgan fingerprint density at radius 2 is 1.75 bits per heavy atom. The van der Waals surface area contributed by atoms with E-state index < -0.39 is 11.6 Å². The van der Waals surface area contributed by atoms with Gasteiger partial charge in [-0.05, 0) is 85.1 Å². The molecular weight excluding hydrogens is 507 g/mol. The molecule has 0 fully saturated rings. The second kappa shape index (κ2) is 11.4. The maximum absolute atomic E-state index is 13.8. The Morgan fingerprint density at radius 3 is 2.45 bits per heavy atom. The topological polar surface area (TPSA) is 88.9 Å². The first-order valence-corrected chi connectivity index (χ1v) is 13.2. The number of hydrogen-bond acceptors (Lipinski definition) is 6. The number of fused-ring (bicyclic) bond motifs is 1. The second-order valence-corrected chi connectivity index (χ2v) is 10.9. The van der Waals surface area contributed by atoms with Crippen LogP contribution < -0.4 is 10.3 Å². The van der Waals surface area contributed by atoms with E-state index in [1.54, 1.807) is 23.9 Å². The van der Waals surface area contributed by atoms with Crippen LogP contribution in [0.5, 0.6) is 5.75 Å². The number of benzene rings is 3. The lowest BCUT2D eigenvalue weighted by atomic mass is 10.00. The van der Waals surface area contributed by atoms with Gasteiger partial charge in [-0.25, -0.2) is 9.07 Å². The highest BCUT2D eigenvalue weighted by Crippen LogP contribution is 2.31. The summed E-state index contributed by atoms with van der Waals surface area (Å²) in [4.78, 5) is 19.0. The number of pyridine rings is 1. The van der Waals surface area contributed by atoms with Gasteiger partial charge in [0.2, 0.25) is 0 Å². The van der Waals surface area contributed by atoms with E-state index in [1.165, 1.54) is 12.1 Å². The first kappa shape index (κ1) is 27.2. The Kier molecular flexibility index (Phi) is 7.75. The summed E-state index contributed by atoms with van der Waals surface area (Å²) in [6.45, 7) is 7.11. The third-order valence-corrected chi connectivity index (χ3v) is 6.94. The number of aromatic nitrogens is 5. The molecule has 0 bridgehead atoms. The average molecular weight is 541 g/mol. The van der Waals surface area contributed by atoms with Crippen LogP contribution in [0.15, 0.2) is 83.7 Å². The predicted octanol–water partition coefficient (Wildman–Crippen LogP) is 5.25. The van der Waals surface area contributed by atoms with Crippen molar-refractivity contribution in [3.8, 4) is 5.75 Å². The zero-order valence-corrected chi connectivity index (χ0v) is 23.1. The molecule has 0 aliphatic rings. The summed E-state index contributed by atoms with van der Waals surface area (Å²) >= 11 is 0. The molecule has 0 amide bonds. The van der Waals surface area contributed by atoms with Crippen molar-refractivity contribution in [2.24, 2.45) is 0 Å². The van der Waals surface area contributed by atoms with Gasteiger partial charge in [-0.15, -0.1) is 5.10 Å². The van der Waals surface area contributed by atoms with Gasteiger partial charge in [-0.3, -0.25) is 9.69 Å². The van der Waals surface area contributed by atoms with Crippen molar-refractivity contribution >= 4 is 10.9 Å². The van der Waals surface area contributed by atoms with Gasteiger partial charge in [-0.2, -0.15) is 0 Å². The number of methoxy groups -OCH3 is 1.